The second-order valence-corrected chi connectivity index (χ2v) is 4.96. The minimum atomic E-state index is -0.960. The Morgan fingerprint density at radius 2 is 2.38 bits per heavy atom. The molecular formula is C11H18N2O3. The molecule has 1 saturated heterocycles. The number of carbonyl (C=O) groups is 1. The average Bonchev–Trinajstić information content (AvgIpc) is 2.62. The number of aliphatic carboxylic acids is 1. The van der Waals surface area contributed by atoms with E-state index < -0.39 is 5.97 Å². The summed E-state index contributed by atoms with van der Waals surface area (Å²) in [5, 5.41) is 12.6. The molecule has 2 aliphatic rings. The van der Waals surface area contributed by atoms with Crippen LogP contribution in [0.1, 0.15) is 33.1 Å². The summed E-state index contributed by atoms with van der Waals surface area (Å²) in [6.45, 7) is 6.13. The third kappa shape index (κ3) is 2.04. The van der Waals surface area contributed by atoms with E-state index in [1.165, 1.54) is 0 Å². The Morgan fingerprint density at radius 3 is 2.94 bits per heavy atom. The number of hydrogen-bond donors (Lipinski definition) is 1. The number of carboxylic acids is 1. The molecule has 1 unspecified atom stereocenters. The minimum absolute atomic E-state index is 0.158. The summed E-state index contributed by atoms with van der Waals surface area (Å²) in [7, 11) is 0. The van der Waals surface area contributed by atoms with Crippen LogP contribution in [0.15, 0.2) is 5.16 Å². The van der Waals surface area contributed by atoms with E-state index in [-0.39, 0.29) is 11.3 Å². The van der Waals surface area contributed by atoms with Crippen LogP contribution in [0, 0.1) is 0 Å². The number of rotatable bonds is 2. The second kappa shape index (κ2) is 4.05. The first-order chi connectivity index (χ1) is 7.52. The average molecular weight is 226 g/mol. The number of piperidine rings is 1. The number of oxime groups is 1. The summed E-state index contributed by atoms with van der Waals surface area (Å²) in [6.07, 6.45) is 2.38. The fourth-order valence-corrected chi connectivity index (χ4v) is 2.43. The molecule has 1 atom stereocenters. The Balaban J connectivity index is 2.03. The number of hydrogen-bond acceptors (Lipinski definition) is 4. The molecule has 90 valence electrons. The first kappa shape index (κ1) is 11.4. The zero-order valence-electron chi connectivity index (χ0n) is 9.77. The molecule has 0 aromatic carbocycles. The van der Waals surface area contributed by atoms with Gasteiger partial charge in [-0.25, -0.2) is 4.79 Å². The van der Waals surface area contributed by atoms with Crippen molar-refractivity contribution < 1.29 is 14.7 Å². The third-order valence-electron chi connectivity index (χ3n) is 3.39. The SMILES string of the molecule is CC(C)N1CCCC2(CC(C(=O)O)=NO2)C1. The van der Waals surface area contributed by atoms with E-state index in [4.69, 9.17) is 9.94 Å². The maximum Gasteiger partial charge on any atom is 0.353 e. The minimum Gasteiger partial charge on any atom is -0.477 e. The zero-order chi connectivity index (χ0) is 11.8. The predicted octanol–water partition coefficient (Wildman–Crippen LogP) is 1.09. The summed E-state index contributed by atoms with van der Waals surface area (Å²) in [5.74, 6) is -0.960. The van der Waals surface area contributed by atoms with Gasteiger partial charge >= 0.3 is 5.97 Å². The molecule has 2 rings (SSSR count). The van der Waals surface area contributed by atoms with Crippen LogP contribution in [0.2, 0.25) is 0 Å². The van der Waals surface area contributed by atoms with E-state index in [0.717, 1.165) is 25.9 Å². The van der Waals surface area contributed by atoms with Crippen LogP contribution in [0.3, 0.4) is 0 Å². The van der Waals surface area contributed by atoms with Gasteiger partial charge in [-0.05, 0) is 33.2 Å². The predicted molar refractivity (Wildman–Crippen MR) is 59.4 cm³/mol. The molecule has 1 spiro atoms. The van der Waals surface area contributed by atoms with Crippen molar-refractivity contribution in [2.75, 3.05) is 13.1 Å². The highest BCUT2D eigenvalue weighted by atomic mass is 16.7. The van der Waals surface area contributed by atoms with E-state index in [1.54, 1.807) is 0 Å². The Kier molecular flexibility index (Phi) is 2.88. The monoisotopic (exact) mass is 226 g/mol. The molecule has 16 heavy (non-hydrogen) atoms. The van der Waals surface area contributed by atoms with Gasteiger partial charge in [-0.1, -0.05) is 5.16 Å². The molecule has 2 heterocycles. The normalized spacial score (nSPS) is 30.6. The highest BCUT2D eigenvalue weighted by Gasteiger charge is 2.44. The van der Waals surface area contributed by atoms with Crippen LogP contribution in [-0.4, -0.2) is 46.4 Å². The Bertz CT molecular complexity index is 327. The van der Waals surface area contributed by atoms with Crippen molar-refractivity contribution in [3.05, 3.63) is 0 Å². The molecule has 0 radical (unpaired) electrons. The van der Waals surface area contributed by atoms with Crippen LogP contribution in [-0.2, 0) is 9.63 Å². The molecule has 0 aromatic heterocycles. The summed E-state index contributed by atoms with van der Waals surface area (Å²) in [5.41, 5.74) is -0.221. The molecule has 0 aliphatic carbocycles. The first-order valence-electron chi connectivity index (χ1n) is 5.75. The maximum absolute atomic E-state index is 10.8. The molecule has 0 amide bonds. The van der Waals surface area contributed by atoms with E-state index in [1.807, 2.05) is 0 Å². The van der Waals surface area contributed by atoms with Crippen molar-refractivity contribution in [3.63, 3.8) is 0 Å². The number of likely N-dealkylation sites (tertiary alicyclic amines) is 1. The Labute approximate surface area is 95.1 Å². The van der Waals surface area contributed by atoms with E-state index in [0.29, 0.717) is 12.5 Å². The topological polar surface area (TPSA) is 62.1 Å². The van der Waals surface area contributed by atoms with Gasteiger partial charge in [-0.3, -0.25) is 4.90 Å². The molecule has 5 nitrogen and oxygen atoms in total. The van der Waals surface area contributed by atoms with Crippen LogP contribution < -0.4 is 0 Å². The Hall–Kier alpha value is -1.10. The smallest absolute Gasteiger partial charge is 0.353 e. The van der Waals surface area contributed by atoms with Gasteiger partial charge < -0.3 is 9.94 Å². The van der Waals surface area contributed by atoms with Crippen molar-refractivity contribution in [2.45, 2.75) is 44.8 Å². The van der Waals surface area contributed by atoms with Gasteiger partial charge in [0, 0.05) is 19.0 Å². The molecule has 0 aromatic rings. The lowest BCUT2D eigenvalue weighted by atomic mass is 9.87. The van der Waals surface area contributed by atoms with Gasteiger partial charge in [0.2, 0.25) is 0 Å². The molecule has 0 bridgehead atoms. The Morgan fingerprint density at radius 1 is 1.62 bits per heavy atom. The molecule has 1 N–H and O–H groups in total. The van der Waals surface area contributed by atoms with Crippen molar-refractivity contribution in [2.24, 2.45) is 5.16 Å². The summed E-state index contributed by atoms with van der Waals surface area (Å²) in [6, 6.07) is 0.467. The fourth-order valence-electron chi connectivity index (χ4n) is 2.43. The molecule has 1 fully saturated rings. The van der Waals surface area contributed by atoms with Crippen LogP contribution in [0.4, 0.5) is 0 Å². The van der Waals surface area contributed by atoms with Crippen LogP contribution in [0.5, 0.6) is 0 Å². The van der Waals surface area contributed by atoms with Crippen molar-refractivity contribution in [1.29, 1.82) is 0 Å². The van der Waals surface area contributed by atoms with Crippen molar-refractivity contribution in [3.8, 4) is 0 Å². The highest BCUT2D eigenvalue weighted by molar-refractivity contribution is 6.36. The summed E-state index contributed by atoms with van der Waals surface area (Å²) < 4.78 is 0. The van der Waals surface area contributed by atoms with Gasteiger partial charge in [0.25, 0.3) is 0 Å². The largest absolute Gasteiger partial charge is 0.477 e. The molecule has 5 heteroatoms. The van der Waals surface area contributed by atoms with Gasteiger partial charge in [0.15, 0.2) is 11.3 Å². The van der Waals surface area contributed by atoms with Crippen molar-refractivity contribution >= 4 is 11.7 Å². The summed E-state index contributed by atoms with van der Waals surface area (Å²) in [4.78, 5) is 18.5. The highest BCUT2D eigenvalue weighted by Crippen LogP contribution is 2.34. The number of carboxylic acid groups (broad SMARTS) is 1. The molecule has 2 aliphatic heterocycles. The fraction of sp³-hybridized carbons (Fsp3) is 0.818. The molecular weight excluding hydrogens is 208 g/mol. The summed E-state index contributed by atoms with van der Waals surface area (Å²) >= 11 is 0. The third-order valence-corrected chi connectivity index (χ3v) is 3.39. The lowest BCUT2D eigenvalue weighted by Crippen LogP contribution is -2.50. The quantitative estimate of drug-likeness (QED) is 0.765. The van der Waals surface area contributed by atoms with Gasteiger partial charge in [0.05, 0.1) is 0 Å². The van der Waals surface area contributed by atoms with Crippen LogP contribution in [0.25, 0.3) is 0 Å². The van der Waals surface area contributed by atoms with Crippen LogP contribution >= 0.6 is 0 Å². The molecule has 0 saturated carbocycles. The standard InChI is InChI=1S/C11H18N2O3/c1-8(2)13-5-3-4-11(7-13)6-9(10(14)15)12-16-11/h8H,3-7H2,1-2H3,(H,14,15). The zero-order valence-corrected chi connectivity index (χ0v) is 9.77. The van der Waals surface area contributed by atoms with E-state index in [9.17, 15) is 4.79 Å². The lowest BCUT2D eigenvalue weighted by molar-refractivity contribution is -0.129. The van der Waals surface area contributed by atoms with Gasteiger partial charge in [-0.2, -0.15) is 0 Å². The number of nitrogens with zero attached hydrogens (tertiary/aromatic N) is 2. The maximum atomic E-state index is 10.8. The van der Waals surface area contributed by atoms with Gasteiger partial charge in [-0.15, -0.1) is 0 Å². The van der Waals surface area contributed by atoms with E-state index >= 15 is 0 Å². The first-order valence-corrected chi connectivity index (χ1v) is 5.75. The second-order valence-electron chi connectivity index (χ2n) is 4.96. The van der Waals surface area contributed by atoms with E-state index in [2.05, 4.69) is 23.9 Å². The van der Waals surface area contributed by atoms with Crippen molar-refractivity contribution in [1.82, 2.24) is 4.90 Å². The van der Waals surface area contributed by atoms with Gasteiger partial charge in [0.1, 0.15) is 0 Å². The lowest BCUT2D eigenvalue weighted by Gasteiger charge is -2.40.